The molecule has 0 saturated carbocycles. The van der Waals surface area contributed by atoms with Crippen LogP contribution in [0.5, 0.6) is 0 Å². The van der Waals surface area contributed by atoms with Gasteiger partial charge >= 0.3 is 5.97 Å². The van der Waals surface area contributed by atoms with Gasteiger partial charge in [0.25, 0.3) is 0 Å². The molecule has 6 N–H and O–H groups in total. The van der Waals surface area contributed by atoms with Crippen LogP contribution in [0.1, 0.15) is 278 Å². The molecule has 0 aliphatic carbocycles. The molecule has 1 amide bonds. The van der Waals surface area contributed by atoms with Crippen LogP contribution in [0.4, 0.5) is 0 Å². The van der Waals surface area contributed by atoms with Gasteiger partial charge in [-0.1, -0.05) is 242 Å². The van der Waals surface area contributed by atoms with Gasteiger partial charge in [-0.3, -0.25) is 9.59 Å². The van der Waals surface area contributed by atoms with Gasteiger partial charge in [-0.15, -0.1) is 0 Å². The van der Waals surface area contributed by atoms with Gasteiger partial charge in [-0.05, 0) is 89.9 Å². The van der Waals surface area contributed by atoms with Gasteiger partial charge in [0.2, 0.25) is 5.91 Å². The molecular formula is C65H117NO10. The van der Waals surface area contributed by atoms with E-state index < -0.39 is 67.4 Å². The lowest BCUT2D eigenvalue weighted by Gasteiger charge is -2.41. The number of allylic oxidation sites excluding steroid dienone is 9. The molecule has 8 unspecified atom stereocenters. The van der Waals surface area contributed by atoms with E-state index in [9.17, 15) is 35.1 Å². The summed E-state index contributed by atoms with van der Waals surface area (Å²) in [5.74, 6) is -1.21. The summed E-state index contributed by atoms with van der Waals surface area (Å²) in [6.07, 6.45) is 55.5. The smallest absolute Gasteiger partial charge is 0.306 e. The van der Waals surface area contributed by atoms with Gasteiger partial charge in [-0.25, -0.2) is 0 Å². The number of hydrogen-bond acceptors (Lipinski definition) is 10. The minimum Gasteiger partial charge on any atom is -0.454 e. The van der Waals surface area contributed by atoms with Gasteiger partial charge < -0.3 is 45.1 Å². The maximum absolute atomic E-state index is 13.4. The van der Waals surface area contributed by atoms with Gasteiger partial charge in [0.1, 0.15) is 24.4 Å². The summed E-state index contributed by atoms with van der Waals surface area (Å²) < 4.78 is 17.6. The highest BCUT2D eigenvalue weighted by molar-refractivity contribution is 5.80. The monoisotopic (exact) mass is 1070 g/mol. The van der Waals surface area contributed by atoms with Crippen LogP contribution in [-0.4, -0.2) is 99.6 Å². The van der Waals surface area contributed by atoms with Crippen molar-refractivity contribution in [1.29, 1.82) is 0 Å². The molecule has 0 bridgehead atoms. The molecule has 0 aromatic carbocycles. The number of nitrogens with one attached hydrogen (secondary N) is 1. The highest BCUT2D eigenvalue weighted by Crippen LogP contribution is 2.26. The molecule has 1 heterocycles. The number of aliphatic hydroxyl groups excluding tert-OH is 5. The van der Waals surface area contributed by atoms with Gasteiger partial charge in [0.05, 0.1) is 25.4 Å². The Morgan fingerprint density at radius 2 is 0.908 bits per heavy atom. The summed E-state index contributed by atoms with van der Waals surface area (Å²) >= 11 is 0. The molecule has 0 aromatic heterocycles. The first-order chi connectivity index (χ1) is 37.2. The summed E-state index contributed by atoms with van der Waals surface area (Å²) in [7, 11) is 0. The van der Waals surface area contributed by atoms with E-state index in [-0.39, 0.29) is 19.4 Å². The van der Waals surface area contributed by atoms with Crippen molar-refractivity contribution >= 4 is 11.9 Å². The molecule has 0 radical (unpaired) electrons. The zero-order valence-electron chi connectivity index (χ0n) is 48.9. The number of unbranched alkanes of at least 4 members (excludes halogenated alkanes) is 31. The molecule has 11 nitrogen and oxygen atoms in total. The molecule has 11 heteroatoms. The molecule has 442 valence electrons. The van der Waals surface area contributed by atoms with Crippen LogP contribution in [0, 0.1) is 0 Å². The zero-order chi connectivity index (χ0) is 55.4. The van der Waals surface area contributed by atoms with Crippen molar-refractivity contribution in [3.8, 4) is 0 Å². The van der Waals surface area contributed by atoms with Gasteiger partial charge in [-0.2, -0.15) is 0 Å². The topological polar surface area (TPSA) is 175 Å². The highest BCUT2D eigenvalue weighted by Gasteiger charge is 2.47. The second-order valence-electron chi connectivity index (χ2n) is 21.8. The third-order valence-electron chi connectivity index (χ3n) is 14.6. The Balaban J connectivity index is 2.64. The van der Waals surface area contributed by atoms with E-state index in [2.05, 4.69) is 74.7 Å². The number of carbonyl (C=O) groups excluding carboxylic acids is 2. The Hall–Kier alpha value is -2.64. The molecule has 1 aliphatic heterocycles. The fourth-order valence-corrected chi connectivity index (χ4v) is 9.59. The van der Waals surface area contributed by atoms with Crippen molar-refractivity contribution in [2.45, 2.75) is 327 Å². The maximum Gasteiger partial charge on any atom is 0.306 e. The molecule has 0 aromatic rings. The molecule has 1 rings (SSSR count). The highest BCUT2D eigenvalue weighted by atomic mass is 16.7. The molecule has 0 spiro atoms. The number of esters is 1. The van der Waals surface area contributed by atoms with E-state index in [4.69, 9.17) is 14.2 Å². The van der Waals surface area contributed by atoms with E-state index in [0.717, 1.165) is 83.5 Å². The summed E-state index contributed by atoms with van der Waals surface area (Å²) in [4.78, 5) is 26.5. The SMILES string of the molecule is CCCCC/C=C\C/C=C\C/C=C\CCCCCCCCCCCC(O)C(=O)NC(COC1OC(CO)C(O)C(O)C1OC(=O)CCCCC/C=C\CCCCCCCCC)C(O)/C=C/CCCCCCCCCCC. The van der Waals surface area contributed by atoms with Crippen molar-refractivity contribution in [2.75, 3.05) is 13.2 Å². The van der Waals surface area contributed by atoms with Crippen molar-refractivity contribution < 1.29 is 49.3 Å². The molecule has 76 heavy (non-hydrogen) atoms. The standard InChI is InChI=1S/C65H117NO10/c1-4-7-10-13-16-19-22-24-26-27-28-29-30-31-32-33-34-37-40-43-46-49-52-58(69)64(73)66-56(57(68)51-48-45-42-39-36-21-18-15-12-9-6-3)55-74-65-63(62(72)61(71)59(54-67)75-65)76-60(70)53-50-47-44-41-38-35-25-23-20-17-14-11-8-5-2/h16,19,24,26,28-29,35,38,48,51,56-59,61-63,65,67-69,71-72H,4-15,17-18,20-23,25,27,30-34,36-37,39-47,49-50,52-55H2,1-3H3,(H,66,73)/b19-16-,26-24-,29-28-,38-35-,51-48+. The number of rotatable bonds is 53. The predicted molar refractivity (Wildman–Crippen MR) is 315 cm³/mol. The number of carbonyl (C=O) groups is 2. The van der Waals surface area contributed by atoms with Crippen LogP contribution in [0.15, 0.2) is 60.8 Å². The zero-order valence-corrected chi connectivity index (χ0v) is 48.9. The van der Waals surface area contributed by atoms with Crippen molar-refractivity contribution in [2.24, 2.45) is 0 Å². The average molecular weight is 1070 g/mol. The first-order valence-corrected chi connectivity index (χ1v) is 31.6. The van der Waals surface area contributed by atoms with Crippen LogP contribution in [0.25, 0.3) is 0 Å². The molecule has 1 fully saturated rings. The largest absolute Gasteiger partial charge is 0.454 e. The Morgan fingerprint density at radius 3 is 1.39 bits per heavy atom. The molecule has 8 atom stereocenters. The van der Waals surface area contributed by atoms with Gasteiger partial charge in [0, 0.05) is 6.42 Å². The van der Waals surface area contributed by atoms with E-state index in [0.29, 0.717) is 12.8 Å². The molecule has 1 aliphatic rings. The Morgan fingerprint density at radius 1 is 0.513 bits per heavy atom. The van der Waals surface area contributed by atoms with E-state index in [1.165, 1.54) is 148 Å². The fourth-order valence-electron chi connectivity index (χ4n) is 9.59. The summed E-state index contributed by atoms with van der Waals surface area (Å²) in [6.45, 7) is 5.74. The van der Waals surface area contributed by atoms with Crippen LogP contribution < -0.4 is 5.32 Å². The van der Waals surface area contributed by atoms with Crippen molar-refractivity contribution in [3.63, 3.8) is 0 Å². The van der Waals surface area contributed by atoms with Crippen LogP contribution >= 0.6 is 0 Å². The minimum absolute atomic E-state index is 0.103. The van der Waals surface area contributed by atoms with Crippen LogP contribution in [0.3, 0.4) is 0 Å². The van der Waals surface area contributed by atoms with Gasteiger partial charge in [0.15, 0.2) is 12.4 Å². The molecular weight excluding hydrogens is 955 g/mol. The van der Waals surface area contributed by atoms with Crippen LogP contribution in [-0.2, 0) is 23.8 Å². The Bertz CT molecular complexity index is 1460. The lowest BCUT2D eigenvalue weighted by atomic mass is 9.99. The number of amides is 1. The Labute approximate surface area is 465 Å². The Kier molecular flexibility index (Phi) is 49.8. The second kappa shape index (κ2) is 53.0. The molecule has 1 saturated heterocycles. The predicted octanol–water partition coefficient (Wildman–Crippen LogP) is 15.0. The first-order valence-electron chi connectivity index (χ1n) is 31.6. The lowest BCUT2D eigenvalue weighted by Crippen LogP contribution is -2.61. The third-order valence-corrected chi connectivity index (χ3v) is 14.6. The lowest BCUT2D eigenvalue weighted by molar-refractivity contribution is -0.305. The minimum atomic E-state index is -1.62. The first kappa shape index (κ1) is 71.4. The quantitative estimate of drug-likeness (QED) is 0.0195. The summed E-state index contributed by atoms with van der Waals surface area (Å²) in [5.41, 5.74) is 0. The number of aliphatic hydroxyl groups is 5. The summed E-state index contributed by atoms with van der Waals surface area (Å²) in [6, 6.07) is -1.03. The number of hydrogen-bond donors (Lipinski definition) is 6. The maximum atomic E-state index is 13.4. The van der Waals surface area contributed by atoms with E-state index >= 15 is 0 Å². The third kappa shape index (κ3) is 40.5. The van der Waals surface area contributed by atoms with Crippen molar-refractivity contribution in [3.05, 3.63) is 60.8 Å². The normalized spacial score (nSPS) is 19.5. The average Bonchev–Trinajstić information content (AvgIpc) is 3.42. The van der Waals surface area contributed by atoms with Crippen molar-refractivity contribution in [1.82, 2.24) is 5.32 Å². The second-order valence-corrected chi connectivity index (χ2v) is 21.8. The number of ether oxygens (including phenoxy) is 3. The van der Waals surface area contributed by atoms with Crippen LogP contribution in [0.2, 0.25) is 0 Å². The summed E-state index contributed by atoms with van der Waals surface area (Å²) in [5, 5.41) is 56.9. The fraction of sp³-hybridized carbons (Fsp3) is 0.815. The van der Waals surface area contributed by atoms with E-state index in [1.54, 1.807) is 6.08 Å². The van der Waals surface area contributed by atoms with E-state index in [1.807, 2.05) is 6.08 Å².